The van der Waals surface area contributed by atoms with Crippen LogP contribution in [0, 0.1) is 0 Å². The number of nitrogens with zero attached hydrogens (tertiary/aromatic N) is 2. The van der Waals surface area contributed by atoms with Gasteiger partial charge in [0.15, 0.2) is 5.82 Å². The van der Waals surface area contributed by atoms with Crippen LogP contribution in [0.1, 0.15) is 37.2 Å². The first kappa shape index (κ1) is 15.0. The maximum atomic E-state index is 11.3. The Morgan fingerprint density at radius 2 is 2.29 bits per heavy atom. The zero-order valence-corrected chi connectivity index (χ0v) is 12.4. The molecule has 2 aromatic rings. The van der Waals surface area contributed by atoms with Crippen molar-refractivity contribution < 1.29 is 14.1 Å². The predicted molar refractivity (Wildman–Crippen MR) is 77.9 cm³/mol. The van der Waals surface area contributed by atoms with Crippen LogP contribution in [0.25, 0.3) is 0 Å². The van der Waals surface area contributed by atoms with Gasteiger partial charge in [-0.05, 0) is 24.6 Å². The molecule has 1 aromatic heterocycles. The van der Waals surface area contributed by atoms with Gasteiger partial charge in [-0.3, -0.25) is 4.79 Å². The van der Waals surface area contributed by atoms with Crippen LogP contribution in [0.5, 0.6) is 0 Å². The van der Waals surface area contributed by atoms with E-state index in [1.807, 2.05) is 38.1 Å². The number of benzene rings is 1. The number of anilines is 1. The lowest BCUT2D eigenvalue weighted by molar-refractivity contribution is -0.139. The molecule has 0 radical (unpaired) electrons. The fourth-order valence-corrected chi connectivity index (χ4v) is 1.91. The summed E-state index contributed by atoms with van der Waals surface area (Å²) in [7, 11) is 1.38. The topological polar surface area (TPSA) is 77.2 Å². The average Bonchev–Trinajstić information content (AvgIpc) is 2.96. The highest BCUT2D eigenvalue weighted by Gasteiger charge is 2.13. The molecule has 0 unspecified atom stereocenters. The first-order valence-corrected chi connectivity index (χ1v) is 6.87. The Bertz CT molecular complexity index is 610. The number of rotatable bonds is 6. The van der Waals surface area contributed by atoms with Gasteiger partial charge in [-0.2, -0.15) is 4.98 Å². The summed E-state index contributed by atoms with van der Waals surface area (Å²) < 4.78 is 9.87. The molecule has 0 bridgehead atoms. The molecule has 1 N–H and O–H groups in total. The Kier molecular flexibility index (Phi) is 4.92. The molecule has 1 atom stereocenters. The third-order valence-electron chi connectivity index (χ3n) is 3.06. The molecule has 1 heterocycles. The standard InChI is InChI=1S/C15H19N3O3/c1-4-13-17-15(21-18-13)10(2)16-12-7-5-6-11(8-12)9-14(19)20-3/h5-8,10,16H,4,9H2,1-3H3/t10-/m0/s1. The van der Waals surface area contributed by atoms with E-state index in [1.165, 1.54) is 7.11 Å². The Balaban J connectivity index is 2.04. The minimum Gasteiger partial charge on any atom is -0.469 e. The van der Waals surface area contributed by atoms with Crippen molar-refractivity contribution in [2.45, 2.75) is 32.7 Å². The van der Waals surface area contributed by atoms with Crippen LogP contribution in [0.4, 0.5) is 5.69 Å². The third-order valence-corrected chi connectivity index (χ3v) is 3.06. The van der Waals surface area contributed by atoms with Gasteiger partial charge >= 0.3 is 5.97 Å². The number of carbonyl (C=O) groups is 1. The average molecular weight is 289 g/mol. The van der Waals surface area contributed by atoms with Crippen LogP contribution >= 0.6 is 0 Å². The van der Waals surface area contributed by atoms with Gasteiger partial charge in [0.05, 0.1) is 13.5 Å². The zero-order chi connectivity index (χ0) is 15.2. The van der Waals surface area contributed by atoms with Crippen molar-refractivity contribution in [3.63, 3.8) is 0 Å². The molecule has 21 heavy (non-hydrogen) atoms. The molecule has 6 heteroatoms. The zero-order valence-electron chi connectivity index (χ0n) is 12.4. The smallest absolute Gasteiger partial charge is 0.309 e. The number of ether oxygens (including phenoxy) is 1. The first-order valence-electron chi connectivity index (χ1n) is 6.87. The van der Waals surface area contributed by atoms with Gasteiger partial charge in [-0.1, -0.05) is 24.2 Å². The number of hydrogen-bond donors (Lipinski definition) is 1. The van der Waals surface area contributed by atoms with Gasteiger partial charge in [0.1, 0.15) is 6.04 Å². The lowest BCUT2D eigenvalue weighted by Gasteiger charge is -2.12. The van der Waals surface area contributed by atoms with E-state index in [0.29, 0.717) is 11.7 Å². The number of hydrogen-bond acceptors (Lipinski definition) is 6. The van der Waals surface area contributed by atoms with Crippen molar-refractivity contribution in [1.29, 1.82) is 0 Å². The van der Waals surface area contributed by atoms with Crippen LogP contribution in [0.3, 0.4) is 0 Å². The molecule has 0 saturated carbocycles. The van der Waals surface area contributed by atoms with E-state index in [0.717, 1.165) is 17.7 Å². The summed E-state index contributed by atoms with van der Waals surface area (Å²) in [6.07, 6.45) is 0.992. The lowest BCUT2D eigenvalue weighted by atomic mass is 10.1. The highest BCUT2D eigenvalue weighted by atomic mass is 16.5. The monoisotopic (exact) mass is 289 g/mol. The van der Waals surface area contributed by atoms with Gasteiger partial charge in [-0.15, -0.1) is 0 Å². The molecule has 0 saturated heterocycles. The Morgan fingerprint density at radius 3 is 2.95 bits per heavy atom. The summed E-state index contributed by atoms with van der Waals surface area (Å²) in [4.78, 5) is 15.6. The second-order valence-corrected chi connectivity index (χ2v) is 4.72. The number of aromatic nitrogens is 2. The molecule has 0 aliphatic heterocycles. The molecule has 1 aromatic carbocycles. The van der Waals surface area contributed by atoms with Crippen molar-refractivity contribution in [1.82, 2.24) is 10.1 Å². The van der Waals surface area contributed by atoms with Gasteiger partial charge in [0.2, 0.25) is 5.89 Å². The van der Waals surface area contributed by atoms with Gasteiger partial charge in [-0.25, -0.2) is 0 Å². The summed E-state index contributed by atoms with van der Waals surface area (Å²) in [6, 6.07) is 7.50. The van der Waals surface area contributed by atoms with Crippen LogP contribution in [-0.2, 0) is 22.4 Å². The fourth-order valence-electron chi connectivity index (χ4n) is 1.91. The summed E-state index contributed by atoms with van der Waals surface area (Å²) in [5.74, 6) is 0.980. The predicted octanol–water partition coefficient (Wildman–Crippen LogP) is 2.52. The third kappa shape index (κ3) is 4.05. The van der Waals surface area contributed by atoms with Crippen molar-refractivity contribution >= 4 is 11.7 Å². The SMILES string of the molecule is CCc1noc([C@H](C)Nc2cccc(CC(=O)OC)c2)n1. The molecule has 2 rings (SSSR count). The van der Waals surface area contributed by atoms with Gasteiger partial charge < -0.3 is 14.6 Å². The molecular weight excluding hydrogens is 270 g/mol. The number of nitrogens with one attached hydrogen (secondary N) is 1. The van der Waals surface area contributed by atoms with Crippen LogP contribution in [0.2, 0.25) is 0 Å². The van der Waals surface area contributed by atoms with E-state index in [4.69, 9.17) is 4.52 Å². The van der Waals surface area contributed by atoms with E-state index in [9.17, 15) is 4.79 Å². The van der Waals surface area contributed by atoms with Crippen molar-refractivity contribution in [3.8, 4) is 0 Å². The van der Waals surface area contributed by atoms with E-state index in [2.05, 4.69) is 20.2 Å². The second-order valence-electron chi connectivity index (χ2n) is 4.72. The summed E-state index contributed by atoms with van der Waals surface area (Å²) in [5, 5.41) is 7.16. The minimum atomic E-state index is -0.260. The number of carbonyl (C=O) groups excluding carboxylic acids is 1. The number of aryl methyl sites for hydroxylation is 1. The maximum absolute atomic E-state index is 11.3. The molecule has 0 spiro atoms. The molecule has 112 valence electrons. The Labute approximate surface area is 123 Å². The first-order chi connectivity index (χ1) is 10.1. The highest BCUT2D eigenvalue weighted by Crippen LogP contribution is 2.19. The Hall–Kier alpha value is -2.37. The number of methoxy groups -OCH3 is 1. The van der Waals surface area contributed by atoms with Crippen molar-refractivity contribution in [3.05, 3.63) is 41.5 Å². The summed E-state index contributed by atoms with van der Waals surface area (Å²) in [6.45, 7) is 3.92. The van der Waals surface area contributed by atoms with Crippen LogP contribution in [0.15, 0.2) is 28.8 Å². The van der Waals surface area contributed by atoms with Gasteiger partial charge in [0.25, 0.3) is 0 Å². The van der Waals surface area contributed by atoms with Crippen LogP contribution < -0.4 is 5.32 Å². The molecule has 0 amide bonds. The van der Waals surface area contributed by atoms with Crippen molar-refractivity contribution in [2.24, 2.45) is 0 Å². The van der Waals surface area contributed by atoms with E-state index < -0.39 is 0 Å². The molecule has 0 fully saturated rings. The van der Waals surface area contributed by atoms with E-state index in [1.54, 1.807) is 0 Å². The molecular formula is C15H19N3O3. The molecule has 6 nitrogen and oxygen atoms in total. The Morgan fingerprint density at radius 1 is 1.48 bits per heavy atom. The quantitative estimate of drug-likeness (QED) is 0.823. The second kappa shape index (κ2) is 6.88. The summed E-state index contributed by atoms with van der Waals surface area (Å²) >= 11 is 0. The number of esters is 1. The fraction of sp³-hybridized carbons (Fsp3) is 0.400. The highest BCUT2D eigenvalue weighted by molar-refractivity contribution is 5.72. The van der Waals surface area contributed by atoms with E-state index in [-0.39, 0.29) is 18.4 Å². The molecule has 0 aliphatic rings. The van der Waals surface area contributed by atoms with E-state index >= 15 is 0 Å². The lowest BCUT2D eigenvalue weighted by Crippen LogP contribution is -2.08. The normalized spacial score (nSPS) is 12.0. The van der Waals surface area contributed by atoms with Crippen LogP contribution in [-0.4, -0.2) is 23.2 Å². The summed E-state index contributed by atoms with van der Waals surface area (Å²) in [5.41, 5.74) is 1.78. The maximum Gasteiger partial charge on any atom is 0.309 e. The van der Waals surface area contributed by atoms with Gasteiger partial charge in [0, 0.05) is 12.1 Å². The van der Waals surface area contributed by atoms with Crippen molar-refractivity contribution in [2.75, 3.05) is 12.4 Å². The minimum absolute atomic E-state index is 0.105. The largest absolute Gasteiger partial charge is 0.469 e. The molecule has 0 aliphatic carbocycles.